The fraction of sp³-hybridized carbons (Fsp3) is 1.00. The van der Waals surface area contributed by atoms with Crippen molar-refractivity contribution in [2.45, 2.75) is 55.4 Å². The quantitative estimate of drug-likeness (QED) is 0.487. The lowest BCUT2D eigenvalue weighted by Gasteiger charge is -2.40. The van der Waals surface area contributed by atoms with Crippen molar-refractivity contribution in [3.63, 3.8) is 0 Å². The Kier molecular flexibility index (Phi) is 6.05. The highest BCUT2D eigenvalue weighted by Crippen LogP contribution is 2.31. The van der Waals surface area contributed by atoms with Crippen molar-refractivity contribution < 1.29 is 33.0 Å². The summed E-state index contributed by atoms with van der Waals surface area (Å²) in [4.78, 5) is 0. The Morgan fingerprint density at radius 1 is 1.16 bits per heavy atom. The van der Waals surface area contributed by atoms with Gasteiger partial charge in [0.1, 0.15) is 23.7 Å². The third-order valence-electron chi connectivity index (χ3n) is 2.74. The first kappa shape index (κ1) is 17.2. The Morgan fingerprint density at radius 2 is 1.74 bits per heavy atom. The summed E-state index contributed by atoms with van der Waals surface area (Å²) in [5.74, 6) is -0.573. The Labute approximate surface area is 116 Å². The lowest BCUT2D eigenvalue weighted by atomic mass is 9.98. The molecule has 0 saturated carbocycles. The maximum Gasteiger partial charge on any atom is 0.264 e. The molecule has 0 aromatic heterocycles. The van der Waals surface area contributed by atoms with E-state index < -0.39 is 45.7 Å². The maximum absolute atomic E-state index is 10.7. The Morgan fingerprint density at radius 3 is 2.21 bits per heavy atom. The van der Waals surface area contributed by atoms with Crippen molar-refractivity contribution in [3.05, 3.63) is 0 Å². The van der Waals surface area contributed by atoms with E-state index in [2.05, 4.69) is 0 Å². The van der Waals surface area contributed by atoms with E-state index in [0.29, 0.717) is 0 Å². The van der Waals surface area contributed by atoms with Crippen LogP contribution in [0.25, 0.3) is 0 Å². The number of hydrogen-bond acceptors (Lipinski definition) is 7. The molecule has 0 bridgehead atoms. The molecule has 19 heavy (non-hydrogen) atoms. The van der Waals surface area contributed by atoms with Crippen molar-refractivity contribution in [2.75, 3.05) is 5.75 Å². The van der Waals surface area contributed by atoms with Gasteiger partial charge in [-0.25, -0.2) is 0 Å². The summed E-state index contributed by atoms with van der Waals surface area (Å²) in [6.45, 7) is 3.76. The molecule has 5 atom stereocenters. The Hall–Kier alpha value is 0.1000. The van der Waals surface area contributed by atoms with Gasteiger partial charge in [0, 0.05) is 5.25 Å². The molecule has 7 nitrogen and oxygen atoms in total. The highest BCUT2D eigenvalue weighted by atomic mass is 32.2. The van der Waals surface area contributed by atoms with Gasteiger partial charge in [-0.1, -0.05) is 13.8 Å². The van der Waals surface area contributed by atoms with Crippen LogP contribution in [-0.4, -0.2) is 69.1 Å². The largest absolute Gasteiger partial charge is 0.388 e. The van der Waals surface area contributed by atoms with Gasteiger partial charge in [-0.05, 0) is 6.42 Å². The van der Waals surface area contributed by atoms with Crippen LogP contribution >= 0.6 is 11.8 Å². The molecule has 1 aliphatic heterocycles. The molecule has 0 aliphatic carbocycles. The van der Waals surface area contributed by atoms with Gasteiger partial charge in [0.05, 0.1) is 11.9 Å². The van der Waals surface area contributed by atoms with Crippen molar-refractivity contribution >= 4 is 21.9 Å². The zero-order chi connectivity index (χ0) is 14.8. The molecular weight excluding hydrogens is 296 g/mol. The molecule has 9 heteroatoms. The fourth-order valence-electron chi connectivity index (χ4n) is 1.80. The molecule has 1 rings (SSSR count). The second-order valence-corrected chi connectivity index (χ2v) is 8.03. The number of ether oxygens (including phenoxy) is 1. The zero-order valence-electron chi connectivity index (χ0n) is 10.7. The molecule has 1 unspecified atom stereocenters. The van der Waals surface area contributed by atoms with Crippen LogP contribution in [0.4, 0.5) is 0 Å². The molecule has 4 N–H and O–H groups in total. The molecule has 0 aromatic rings. The van der Waals surface area contributed by atoms with Crippen LogP contribution in [-0.2, 0) is 14.9 Å². The summed E-state index contributed by atoms with van der Waals surface area (Å²) >= 11 is 1.27. The molecule has 1 saturated heterocycles. The second-order valence-electron chi connectivity index (χ2n) is 4.77. The molecule has 114 valence electrons. The Bertz CT molecular complexity index is 383. The third kappa shape index (κ3) is 5.18. The minimum absolute atomic E-state index is 0.129. The van der Waals surface area contributed by atoms with E-state index in [9.17, 15) is 23.7 Å². The normalized spacial score (nSPS) is 36.7. The highest BCUT2D eigenvalue weighted by molar-refractivity contribution is 8.00. The zero-order valence-corrected chi connectivity index (χ0v) is 12.3. The van der Waals surface area contributed by atoms with E-state index in [-0.39, 0.29) is 11.7 Å². The van der Waals surface area contributed by atoms with Crippen LogP contribution < -0.4 is 0 Å². The van der Waals surface area contributed by atoms with Crippen molar-refractivity contribution in [3.8, 4) is 0 Å². The number of aliphatic hydroxyl groups is 3. The molecular formula is C10H20O7S2. The van der Waals surface area contributed by atoms with Gasteiger partial charge in [-0.2, -0.15) is 8.42 Å². The first-order chi connectivity index (χ1) is 8.61. The average Bonchev–Trinajstić information content (AvgIpc) is 2.26. The first-order valence-electron chi connectivity index (χ1n) is 5.92. The summed E-state index contributed by atoms with van der Waals surface area (Å²) in [5, 5.41) is 29.4. The van der Waals surface area contributed by atoms with Gasteiger partial charge in [0.25, 0.3) is 10.1 Å². The summed E-state index contributed by atoms with van der Waals surface area (Å²) in [6, 6.07) is 0. The van der Waals surface area contributed by atoms with E-state index in [1.165, 1.54) is 11.8 Å². The predicted molar refractivity (Wildman–Crippen MR) is 70.4 cm³/mol. The SMILES string of the molecule is CC(C)SC1O[C@H](CCS(=O)(=O)O)[C@@H](O)[C@H](O)[C@@H]1O. The molecule has 0 radical (unpaired) electrons. The van der Waals surface area contributed by atoms with E-state index in [4.69, 9.17) is 9.29 Å². The number of thioether (sulfide) groups is 1. The van der Waals surface area contributed by atoms with Crippen molar-refractivity contribution in [2.24, 2.45) is 0 Å². The molecule has 1 aliphatic rings. The number of hydrogen-bond donors (Lipinski definition) is 4. The average molecular weight is 316 g/mol. The van der Waals surface area contributed by atoms with E-state index in [1.807, 2.05) is 13.8 Å². The summed E-state index contributed by atoms with van der Waals surface area (Å²) in [6.07, 6.45) is -5.14. The van der Waals surface area contributed by atoms with Crippen LogP contribution in [0.1, 0.15) is 20.3 Å². The summed E-state index contributed by atoms with van der Waals surface area (Å²) in [7, 11) is -4.16. The van der Waals surface area contributed by atoms with Crippen LogP contribution in [0.2, 0.25) is 0 Å². The first-order valence-corrected chi connectivity index (χ1v) is 8.47. The smallest absolute Gasteiger partial charge is 0.264 e. The topological polar surface area (TPSA) is 124 Å². The van der Waals surface area contributed by atoms with Crippen molar-refractivity contribution in [1.82, 2.24) is 0 Å². The highest BCUT2D eigenvalue weighted by Gasteiger charge is 2.44. The van der Waals surface area contributed by atoms with Gasteiger partial charge in [-0.15, -0.1) is 11.8 Å². The molecule has 1 fully saturated rings. The lowest BCUT2D eigenvalue weighted by molar-refractivity contribution is -0.197. The van der Waals surface area contributed by atoms with Crippen LogP contribution in [0, 0.1) is 0 Å². The summed E-state index contributed by atoms with van der Waals surface area (Å²) < 4.78 is 35.5. The van der Waals surface area contributed by atoms with Gasteiger partial charge < -0.3 is 20.1 Å². The van der Waals surface area contributed by atoms with Crippen molar-refractivity contribution in [1.29, 1.82) is 0 Å². The van der Waals surface area contributed by atoms with Crippen LogP contribution in [0.3, 0.4) is 0 Å². The minimum Gasteiger partial charge on any atom is -0.388 e. The molecule has 0 amide bonds. The van der Waals surface area contributed by atoms with Crippen LogP contribution in [0.15, 0.2) is 0 Å². The monoisotopic (exact) mass is 316 g/mol. The van der Waals surface area contributed by atoms with Gasteiger partial charge in [-0.3, -0.25) is 4.55 Å². The molecule has 0 aromatic carbocycles. The van der Waals surface area contributed by atoms with Crippen LogP contribution in [0.5, 0.6) is 0 Å². The van der Waals surface area contributed by atoms with E-state index >= 15 is 0 Å². The minimum atomic E-state index is -4.16. The third-order valence-corrected chi connectivity index (χ3v) is 4.69. The molecule has 1 heterocycles. The van der Waals surface area contributed by atoms with Gasteiger partial charge >= 0.3 is 0 Å². The van der Waals surface area contributed by atoms with E-state index in [1.54, 1.807) is 0 Å². The predicted octanol–water partition coefficient (Wildman–Crippen LogP) is -0.787. The lowest BCUT2D eigenvalue weighted by Crippen LogP contribution is -2.57. The number of rotatable bonds is 5. The second kappa shape index (κ2) is 6.70. The molecule has 0 spiro atoms. The number of aliphatic hydroxyl groups excluding tert-OH is 3. The van der Waals surface area contributed by atoms with Gasteiger partial charge in [0.2, 0.25) is 0 Å². The maximum atomic E-state index is 10.7. The van der Waals surface area contributed by atoms with Gasteiger partial charge in [0.15, 0.2) is 0 Å². The fourth-order valence-corrected chi connectivity index (χ4v) is 3.40. The standard InChI is InChI=1S/C10H20O7S2/c1-5(2)18-10-9(13)8(12)7(11)6(17-10)3-4-19(14,15)16/h5-13H,3-4H2,1-2H3,(H,14,15,16)/t6-,7-,8+,9+,10?/m1/s1. The Balaban J connectivity index is 2.70. The summed E-state index contributed by atoms with van der Waals surface area (Å²) in [5.41, 5.74) is -0.746. The van der Waals surface area contributed by atoms with E-state index in [0.717, 1.165) is 0 Å².